The van der Waals surface area contributed by atoms with Gasteiger partial charge in [-0.25, -0.2) is 23.1 Å². The first kappa shape index (κ1) is 35.0. The minimum atomic E-state index is -4.48. The van der Waals surface area contributed by atoms with Crippen LogP contribution >= 0.6 is 7.82 Å². The third-order valence-electron chi connectivity index (χ3n) is 5.29. The molecule has 0 radical (unpaired) electrons. The van der Waals surface area contributed by atoms with Crippen LogP contribution in [-0.2, 0) is 33.6 Å². The van der Waals surface area contributed by atoms with Gasteiger partial charge in [0.25, 0.3) is 0 Å². The summed E-state index contributed by atoms with van der Waals surface area (Å²) in [6, 6.07) is 2.43. The fourth-order valence-electron chi connectivity index (χ4n) is 3.61. The first-order valence-corrected chi connectivity index (χ1v) is 14.5. The van der Waals surface area contributed by atoms with Gasteiger partial charge in [-0.05, 0) is 45.1 Å². The molecule has 0 spiro atoms. The topological polar surface area (TPSA) is 175 Å². The standard InChI is InChI=1S/C26H37F2N4O9P/c1-25(2,3)14-19(39-16-40-24(33)38-12-11-37-9-7-8-10-41-42(34,35)36)30-23-31-21-18(27)13-17(15-29)20(28)22(21)32(23)26(4,5)6/h13H,7-12,14,16H2,1-6H3,(H2,34,35,36)/b30-19-. The highest BCUT2D eigenvalue weighted by Crippen LogP contribution is 2.36. The number of phosphoric ester groups is 1. The van der Waals surface area contributed by atoms with Crippen LogP contribution in [0.5, 0.6) is 0 Å². The van der Waals surface area contributed by atoms with E-state index in [0.717, 1.165) is 6.07 Å². The van der Waals surface area contributed by atoms with Gasteiger partial charge in [0.1, 0.15) is 23.7 Å². The van der Waals surface area contributed by atoms with E-state index >= 15 is 4.39 Å². The molecule has 0 unspecified atom stereocenters. The van der Waals surface area contributed by atoms with Gasteiger partial charge in [0, 0.05) is 18.6 Å². The average Bonchev–Trinajstić information content (AvgIpc) is 3.24. The van der Waals surface area contributed by atoms with Crippen LogP contribution in [0, 0.1) is 28.4 Å². The number of hydrogen-bond acceptors (Lipinski definition) is 10. The van der Waals surface area contributed by atoms with Gasteiger partial charge in [-0.1, -0.05) is 20.8 Å². The zero-order valence-corrected chi connectivity index (χ0v) is 25.4. The van der Waals surface area contributed by atoms with Crippen molar-refractivity contribution in [1.29, 1.82) is 5.26 Å². The van der Waals surface area contributed by atoms with E-state index in [1.165, 1.54) is 4.57 Å². The van der Waals surface area contributed by atoms with Crippen molar-refractivity contribution in [2.45, 2.75) is 66.3 Å². The Morgan fingerprint density at radius 3 is 2.33 bits per heavy atom. The summed E-state index contributed by atoms with van der Waals surface area (Å²) < 4.78 is 66.9. The highest BCUT2D eigenvalue weighted by atomic mass is 31.2. The van der Waals surface area contributed by atoms with Gasteiger partial charge in [0.05, 0.1) is 18.8 Å². The zero-order valence-electron chi connectivity index (χ0n) is 24.5. The van der Waals surface area contributed by atoms with Crippen LogP contribution in [0.15, 0.2) is 11.1 Å². The molecule has 2 N–H and O–H groups in total. The van der Waals surface area contributed by atoms with Crippen molar-refractivity contribution in [3.05, 3.63) is 23.3 Å². The lowest BCUT2D eigenvalue weighted by molar-refractivity contribution is -0.0134. The van der Waals surface area contributed by atoms with Gasteiger partial charge >= 0.3 is 14.0 Å². The van der Waals surface area contributed by atoms with E-state index in [4.69, 9.17) is 28.7 Å². The van der Waals surface area contributed by atoms with Crippen LogP contribution in [0.25, 0.3) is 11.0 Å². The van der Waals surface area contributed by atoms with E-state index in [-0.39, 0.29) is 61.1 Å². The molecule has 0 fully saturated rings. The molecule has 0 bridgehead atoms. The number of imidazole rings is 1. The fraction of sp³-hybridized carbons (Fsp3) is 0.615. The molecule has 0 saturated heterocycles. The minimum absolute atomic E-state index is 0.0577. The molecule has 16 heteroatoms. The Balaban J connectivity index is 2.04. The number of benzene rings is 1. The lowest BCUT2D eigenvalue weighted by Gasteiger charge is -2.24. The first-order valence-electron chi connectivity index (χ1n) is 13.0. The molecular weight excluding hydrogens is 581 g/mol. The van der Waals surface area contributed by atoms with Gasteiger partial charge < -0.3 is 33.3 Å². The lowest BCUT2D eigenvalue weighted by Crippen LogP contribution is -2.23. The fourth-order valence-corrected chi connectivity index (χ4v) is 3.97. The number of hydrogen-bond donors (Lipinski definition) is 2. The number of nitriles is 1. The Morgan fingerprint density at radius 2 is 1.74 bits per heavy atom. The summed E-state index contributed by atoms with van der Waals surface area (Å²) >= 11 is 0. The van der Waals surface area contributed by atoms with Crippen LogP contribution in [-0.4, -0.2) is 64.6 Å². The normalized spacial score (nSPS) is 12.8. The molecule has 0 amide bonds. The van der Waals surface area contributed by atoms with Crippen LogP contribution < -0.4 is 0 Å². The summed E-state index contributed by atoms with van der Waals surface area (Å²) in [4.78, 5) is 37.8. The Bertz CT molecular complexity index is 1350. The first-order chi connectivity index (χ1) is 19.4. The SMILES string of the molecule is CC(C)(C)C/C(=N/c1nc2c(F)cc(C#N)c(F)c2n1C(C)(C)C)OCOC(=O)OCCOCCCCOP(=O)(O)O. The third kappa shape index (κ3) is 11.3. The maximum absolute atomic E-state index is 15.2. The van der Waals surface area contributed by atoms with E-state index in [2.05, 4.69) is 14.5 Å². The number of unbranched alkanes of at least 4 members (excludes halogenated alkanes) is 1. The van der Waals surface area contributed by atoms with E-state index in [1.54, 1.807) is 26.8 Å². The van der Waals surface area contributed by atoms with Gasteiger partial charge in [-0.3, -0.25) is 4.52 Å². The number of ether oxygens (including phenoxy) is 4. The Morgan fingerprint density at radius 1 is 1.07 bits per heavy atom. The van der Waals surface area contributed by atoms with Crippen molar-refractivity contribution in [2.24, 2.45) is 10.4 Å². The van der Waals surface area contributed by atoms with Gasteiger partial charge in [0.2, 0.25) is 12.7 Å². The van der Waals surface area contributed by atoms with Crippen LogP contribution in [0.1, 0.15) is 66.4 Å². The van der Waals surface area contributed by atoms with Gasteiger partial charge in [-0.2, -0.15) is 10.3 Å². The van der Waals surface area contributed by atoms with E-state index in [0.29, 0.717) is 12.8 Å². The third-order valence-corrected chi connectivity index (χ3v) is 5.81. The minimum Gasteiger partial charge on any atom is -0.444 e. The molecule has 0 atom stereocenters. The summed E-state index contributed by atoms with van der Waals surface area (Å²) in [6.07, 6.45) is 0.0791. The molecule has 2 rings (SSSR count). The summed E-state index contributed by atoms with van der Waals surface area (Å²) in [5.41, 5.74) is -2.11. The Labute approximate surface area is 242 Å². The van der Waals surface area contributed by atoms with Crippen LogP contribution in [0.4, 0.5) is 19.5 Å². The molecule has 0 saturated carbocycles. The van der Waals surface area contributed by atoms with E-state index < -0.39 is 43.5 Å². The number of carbonyl (C=O) groups excluding carboxylic acids is 1. The predicted octanol–water partition coefficient (Wildman–Crippen LogP) is 5.44. The quantitative estimate of drug-likeness (QED) is 0.0730. The zero-order chi connectivity index (χ0) is 31.7. The molecule has 0 aliphatic heterocycles. The number of aliphatic imine (C=N–C) groups is 1. The number of fused-ring (bicyclic) bond motifs is 1. The number of aromatic nitrogens is 2. The summed E-state index contributed by atoms with van der Waals surface area (Å²) in [7, 11) is -4.48. The van der Waals surface area contributed by atoms with Crippen molar-refractivity contribution in [3.63, 3.8) is 0 Å². The van der Waals surface area contributed by atoms with Crippen LogP contribution in [0.3, 0.4) is 0 Å². The molecule has 1 heterocycles. The maximum Gasteiger partial charge on any atom is 0.511 e. The smallest absolute Gasteiger partial charge is 0.444 e. The maximum atomic E-state index is 15.2. The van der Waals surface area contributed by atoms with Crippen LogP contribution in [0.2, 0.25) is 0 Å². The summed E-state index contributed by atoms with van der Waals surface area (Å²) in [5.74, 6) is -1.76. The lowest BCUT2D eigenvalue weighted by atomic mass is 9.92. The number of carbonyl (C=O) groups is 1. The Hall–Kier alpha value is -3.15. The van der Waals surface area contributed by atoms with Crippen molar-refractivity contribution in [1.82, 2.24) is 9.55 Å². The number of rotatable bonds is 13. The molecule has 2 aromatic rings. The largest absolute Gasteiger partial charge is 0.511 e. The molecule has 0 aliphatic rings. The molecule has 13 nitrogen and oxygen atoms in total. The molecule has 1 aromatic heterocycles. The monoisotopic (exact) mass is 618 g/mol. The molecule has 0 aliphatic carbocycles. The number of phosphoric acid groups is 1. The molecule has 1 aromatic carbocycles. The average molecular weight is 619 g/mol. The van der Waals surface area contributed by atoms with Crippen molar-refractivity contribution in [2.75, 3.05) is 33.2 Å². The second-order valence-corrected chi connectivity index (χ2v) is 12.6. The molecular formula is C26H37F2N4O9P. The molecule has 234 valence electrons. The second-order valence-electron chi connectivity index (χ2n) is 11.3. The predicted molar refractivity (Wildman–Crippen MR) is 147 cm³/mol. The molecule has 42 heavy (non-hydrogen) atoms. The van der Waals surface area contributed by atoms with Crippen molar-refractivity contribution < 1.29 is 51.4 Å². The van der Waals surface area contributed by atoms with Gasteiger partial charge in [0.15, 0.2) is 17.5 Å². The number of halogens is 2. The Kier molecular flexibility index (Phi) is 12.4. The van der Waals surface area contributed by atoms with E-state index in [9.17, 15) is 19.0 Å². The van der Waals surface area contributed by atoms with Gasteiger partial charge in [-0.15, -0.1) is 0 Å². The number of nitrogens with zero attached hydrogens (tertiary/aromatic N) is 4. The summed E-state index contributed by atoms with van der Waals surface area (Å²) in [6.45, 7) is 10.5. The second kappa shape index (κ2) is 14.8. The highest BCUT2D eigenvalue weighted by molar-refractivity contribution is 7.46. The van der Waals surface area contributed by atoms with Crippen molar-refractivity contribution in [3.8, 4) is 6.07 Å². The van der Waals surface area contributed by atoms with Crippen molar-refractivity contribution >= 4 is 36.9 Å². The van der Waals surface area contributed by atoms with E-state index in [1.807, 2.05) is 20.8 Å². The summed E-state index contributed by atoms with van der Waals surface area (Å²) in [5, 5.41) is 9.24. The highest BCUT2D eigenvalue weighted by Gasteiger charge is 2.28.